The van der Waals surface area contributed by atoms with E-state index in [1.165, 1.54) is 0 Å². The van der Waals surface area contributed by atoms with Gasteiger partial charge >= 0.3 is 0 Å². The van der Waals surface area contributed by atoms with Crippen molar-refractivity contribution < 1.29 is 9.59 Å². The van der Waals surface area contributed by atoms with Crippen LogP contribution >= 0.6 is 0 Å². The van der Waals surface area contributed by atoms with Crippen LogP contribution in [0.2, 0.25) is 0 Å². The summed E-state index contributed by atoms with van der Waals surface area (Å²) in [5.74, 6) is 0.866. The Morgan fingerprint density at radius 3 is 2.94 bits per heavy atom. The van der Waals surface area contributed by atoms with Gasteiger partial charge in [-0.1, -0.05) is 6.92 Å². The number of anilines is 2. The van der Waals surface area contributed by atoms with Gasteiger partial charge in [0.2, 0.25) is 11.8 Å². The molecule has 1 N–H and O–H groups in total. The van der Waals surface area contributed by atoms with Crippen molar-refractivity contribution in [2.24, 2.45) is 17.3 Å². The van der Waals surface area contributed by atoms with Gasteiger partial charge in [-0.2, -0.15) is 10.4 Å². The molecule has 9 nitrogen and oxygen atoms in total. The van der Waals surface area contributed by atoms with Gasteiger partial charge < -0.3 is 5.32 Å². The number of aromatic nitrogens is 4. The average molecular weight is 413 g/mol. The van der Waals surface area contributed by atoms with E-state index in [1.54, 1.807) is 28.0 Å². The van der Waals surface area contributed by atoms with Crippen molar-refractivity contribution in [3.8, 4) is 17.3 Å². The highest BCUT2D eigenvalue weighted by molar-refractivity contribution is 6.04. The largest absolute Gasteiger partial charge is 0.310 e. The van der Waals surface area contributed by atoms with E-state index in [0.717, 1.165) is 24.0 Å². The molecule has 31 heavy (non-hydrogen) atoms. The molecular weight excluding hydrogens is 394 g/mol. The third-order valence-electron chi connectivity index (χ3n) is 6.74. The maximum absolute atomic E-state index is 13.5. The highest BCUT2D eigenvalue weighted by Crippen LogP contribution is 2.54. The SMILES string of the molecule is C[C@@H]1CN(c2nc(-c3cnc4c(c3)CC(=O)N4)cn3nccc23)C(=O)[C@]1(C#N)C1CC1. The summed E-state index contributed by atoms with van der Waals surface area (Å²) in [7, 11) is 0. The molecule has 3 aliphatic rings. The predicted molar refractivity (Wildman–Crippen MR) is 111 cm³/mol. The fourth-order valence-corrected chi connectivity index (χ4v) is 4.98. The zero-order chi connectivity index (χ0) is 21.3. The molecule has 2 fully saturated rings. The summed E-state index contributed by atoms with van der Waals surface area (Å²) in [6, 6.07) is 6.07. The fourth-order valence-electron chi connectivity index (χ4n) is 4.98. The first kappa shape index (κ1) is 18.0. The van der Waals surface area contributed by atoms with Crippen molar-refractivity contribution in [3.05, 3.63) is 36.3 Å². The van der Waals surface area contributed by atoms with Crippen molar-refractivity contribution in [1.82, 2.24) is 19.6 Å². The molecule has 0 aromatic carbocycles. The second-order valence-corrected chi connectivity index (χ2v) is 8.64. The standard InChI is InChI=1S/C22H19N7O2/c1-12-9-28(21(31)22(12,11-23)15-2-3-15)20-17-4-5-25-29(17)10-16(26-20)14-6-13-7-18(30)27-19(13)24-8-14/h4-6,8,10,12,15H,2-3,7,9H2,1H3,(H,24,27,30)/t12-,22+/m1/s1. The van der Waals surface area contributed by atoms with Gasteiger partial charge in [-0.3, -0.25) is 14.5 Å². The minimum atomic E-state index is -0.976. The normalized spacial score (nSPS) is 25.0. The smallest absolute Gasteiger partial charge is 0.249 e. The molecule has 2 aliphatic heterocycles. The molecule has 5 heterocycles. The van der Waals surface area contributed by atoms with Gasteiger partial charge in [-0.25, -0.2) is 14.5 Å². The van der Waals surface area contributed by atoms with Crippen LogP contribution in [0.4, 0.5) is 11.6 Å². The maximum atomic E-state index is 13.5. The lowest BCUT2D eigenvalue weighted by atomic mass is 9.75. The van der Waals surface area contributed by atoms with E-state index in [9.17, 15) is 14.9 Å². The van der Waals surface area contributed by atoms with Gasteiger partial charge in [0.15, 0.2) is 5.82 Å². The number of nitriles is 1. The number of carbonyl (C=O) groups is 2. The van der Waals surface area contributed by atoms with Crippen molar-refractivity contribution in [1.29, 1.82) is 5.26 Å². The van der Waals surface area contributed by atoms with Crippen molar-refractivity contribution >= 4 is 29.0 Å². The Labute approximate surface area is 177 Å². The zero-order valence-electron chi connectivity index (χ0n) is 16.9. The first-order chi connectivity index (χ1) is 15.0. The summed E-state index contributed by atoms with van der Waals surface area (Å²) >= 11 is 0. The Morgan fingerprint density at radius 1 is 1.32 bits per heavy atom. The number of nitrogens with one attached hydrogen (secondary N) is 1. The number of nitrogens with zero attached hydrogens (tertiary/aromatic N) is 6. The van der Waals surface area contributed by atoms with Crippen LogP contribution in [0, 0.1) is 28.6 Å². The third-order valence-corrected chi connectivity index (χ3v) is 6.74. The molecule has 6 rings (SSSR count). The first-order valence-electron chi connectivity index (χ1n) is 10.4. The van der Waals surface area contributed by atoms with Crippen molar-refractivity contribution in [3.63, 3.8) is 0 Å². The Morgan fingerprint density at radius 2 is 2.16 bits per heavy atom. The summed E-state index contributed by atoms with van der Waals surface area (Å²) < 4.78 is 1.69. The maximum Gasteiger partial charge on any atom is 0.249 e. The second kappa shape index (κ2) is 6.11. The van der Waals surface area contributed by atoms with Crippen LogP contribution in [0.5, 0.6) is 0 Å². The van der Waals surface area contributed by atoms with Gasteiger partial charge in [-0.15, -0.1) is 0 Å². The highest BCUT2D eigenvalue weighted by Gasteiger charge is 2.61. The lowest BCUT2D eigenvalue weighted by molar-refractivity contribution is -0.125. The Hall–Kier alpha value is -3.80. The van der Waals surface area contributed by atoms with Gasteiger partial charge in [0.1, 0.15) is 16.7 Å². The van der Waals surface area contributed by atoms with E-state index >= 15 is 0 Å². The number of hydrogen-bond donors (Lipinski definition) is 1. The highest BCUT2D eigenvalue weighted by atomic mass is 16.2. The summed E-state index contributed by atoms with van der Waals surface area (Å²) in [5.41, 5.74) is 1.88. The molecule has 1 aliphatic carbocycles. The quantitative estimate of drug-likeness (QED) is 0.704. The average Bonchev–Trinajstić information content (AvgIpc) is 3.27. The molecule has 9 heteroatoms. The summed E-state index contributed by atoms with van der Waals surface area (Å²) in [6.07, 6.45) is 7.22. The summed E-state index contributed by atoms with van der Waals surface area (Å²) in [6.45, 7) is 2.42. The molecule has 2 amide bonds. The molecule has 0 radical (unpaired) electrons. The molecule has 2 atom stereocenters. The minimum absolute atomic E-state index is 0.0790. The van der Waals surface area contributed by atoms with E-state index in [-0.39, 0.29) is 30.1 Å². The molecule has 1 saturated heterocycles. The lowest BCUT2D eigenvalue weighted by Gasteiger charge is -2.23. The van der Waals surface area contributed by atoms with E-state index in [2.05, 4.69) is 21.5 Å². The van der Waals surface area contributed by atoms with Crippen LogP contribution < -0.4 is 10.2 Å². The summed E-state index contributed by atoms with van der Waals surface area (Å²) in [5, 5.41) is 17.1. The van der Waals surface area contributed by atoms with Gasteiger partial charge in [0, 0.05) is 29.8 Å². The predicted octanol–water partition coefficient (Wildman–Crippen LogP) is 2.19. The van der Waals surface area contributed by atoms with Crippen LogP contribution in [0.15, 0.2) is 30.7 Å². The Bertz CT molecular complexity index is 1320. The zero-order valence-corrected chi connectivity index (χ0v) is 16.9. The van der Waals surface area contributed by atoms with Crippen molar-refractivity contribution in [2.75, 3.05) is 16.8 Å². The number of amides is 2. The molecule has 1 saturated carbocycles. The van der Waals surface area contributed by atoms with Crippen LogP contribution in [0.3, 0.4) is 0 Å². The number of fused-ring (bicyclic) bond motifs is 2. The number of carbonyl (C=O) groups excluding carboxylic acids is 2. The number of rotatable bonds is 3. The first-order valence-corrected chi connectivity index (χ1v) is 10.4. The monoisotopic (exact) mass is 413 g/mol. The van der Waals surface area contributed by atoms with Crippen LogP contribution in [0.25, 0.3) is 16.8 Å². The molecule has 154 valence electrons. The van der Waals surface area contributed by atoms with Gasteiger partial charge in [0.25, 0.3) is 0 Å². The molecule has 0 spiro atoms. The van der Waals surface area contributed by atoms with E-state index in [4.69, 9.17) is 4.98 Å². The van der Waals surface area contributed by atoms with Crippen LogP contribution in [-0.4, -0.2) is 37.9 Å². The van der Waals surface area contributed by atoms with Crippen LogP contribution in [-0.2, 0) is 16.0 Å². The molecule has 3 aromatic rings. The molecule has 0 unspecified atom stereocenters. The molecular formula is C22H19N7O2. The number of pyridine rings is 1. The van der Waals surface area contributed by atoms with Gasteiger partial charge in [0.05, 0.1) is 30.6 Å². The fraction of sp³-hybridized carbons (Fsp3) is 0.364. The second-order valence-electron chi connectivity index (χ2n) is 8.64. The Balaban J connectivity index is 1.47. The van der Waals surface area contributed by atoms with E-state index < -0.39 is 5.41 Å². The minimum Gasteiger partial charge on any atom is -0.310 e. The van der Waals surface area contributed by atoms with Crippen LogP contribution in [0.1, 0.15) is 25.3 Å². The lowest BCUT2D eigenvalue weighted by Crippen LogP contribution is -2.37. The number of hydrogen-bond acceptors (Lipinski definition) is 6. The van der Waals surface area contributed by atoms with Crippen molar-refractivity contribution in [2.45, 2.75) is 26.2 Å². The molecule has 0 bridgehead atoms. The third kappa shape index (κ3) is 2.45. The van der Waals surface area contributed by atoms with E-state index in [1.807, 2.05) is 19.1 Å². The van der Waals surface area contributed by atoms with E-state index in [0.29, 0.717) is 29.4 Å². The van der Waals surface area contributed by atoms with Gasteiger partial charge in [-0.05, 0) is 30.9 Å². The Kier molecular flexibility index (Phi) is 3.55. The summed E-state index contributed by atoms with van der Waals surface area (Å²) in [4.78, 5) is 36.0. The topological polar surface area (TPSA) is 116 Å². The molecule has 3 aromatic heterocycles.